The fourth-order valence-electron chi connectivity index (χ4n) is 2.57. The molecule has 0 aliphatic heterocycles. The van der Waals surface area contributed by atoms with Crippen molar-refractivity contribution in [1.82, 2.24) is 5.32 Å². The molecule has 0 fully saturated rings. The average Bonchev–Trinajstić information content (AvgIpc) is 3.11. The number of rotatable bonds is 11. The van der Waals surface area contributed by atoms with Gasteiger partial charge in [-0.3, -0.25) is 4.79 Å². The number of benzene rings is 1. The number of nitrogens with two attached hydrogens (primary N) is 1. The van der Waals surface area contributed by atoms with Gasteiger partial charge in [-0.25, -0.2) is 9.59 Å². The quantitative estimate of drug-likeness (QED) is 0.284. The Hall–Kier alpha value is -3.07. The van der Waals surface area contributed by atoms with Crippen molar-refractivity contribution in [2.75, 3.05) is 38.4 Å². The Balaban J connectivity index is 2.11. The van der Waals surface area contributed by atoms with Crippen molar-refractivity contribution in [2.24, 2.45) is 0 Å². The smallest absolute Gasteiger partial charge is 0.348 e. The van der Waals surface area contributed by atoms with Crippen LogP contribution in [0.4, 0.5) is 5.00 Å². The van der Waals surface area contributed by atoms with E-state index < -0.39 is 11.9 Å². The van der Waals surface area contributed by atoms with E-state index in [1.165, 1.54) is 11.8 Å². The van der Waals surface area contributed by atoms with E-state index in [9.17, 15) is 19.6 Å². The maximum absolute atomic E-state index is 12.7. The predicted octanol–water partition coefficient (Wildman–Crippen LogP) is 2.59. The summed E-state index contributed by atoms with van der Waals surface area (Å²) in [6, 6.07) is 8.64. The van der Waals surface area contributed by atoms with Crippen LogP contribution in [0.25, 0.3) is 0 Å². The van der Waals surface area contributed by atoms with Gasteiger partial charge in [0.2, 0.25) is 5.91 Å². The molecule has 0 unspecified atom stereocenters. The standard InChI is InChI=1S/C21H23N3O6S2/c1-3-29-21(27)18-15(14(10-22)19(23)32-18)11-30-20(26)13-6-4-5-7-16(13)31-12-17(25)24-8-9-28-2/h4-7H,3,8-9,11-12,23H2,1-2H3,(H,24,25). The molecule has 0 spiro atoms. The van der Waals surface area contributed by atoms with Gasteiger partial charge in [-0.05, 0) is 19.1 Å². The number of esters is 2. The number of nitrogens with one attached hydrogen (secondary N) is 1. The minimum absolute atomic E-state index is 0.0845. The minimum Gasteiger partial charge on any atom is -0.462 e. The molecule has 1 amide bonds. The number of nitriles is 1. The van der Waals surface area contributed by atoms with E-state index in [4.69, 9.17) is 19.9 Å². The summed E-state index contributed by atoms with van der Waals surface area (Å²) >= 11 is 2.11. The lowest BCUT2D eigenvalue weighted by Gasteiger charge is -2.10. The van der Waals surface area contributed by atoms with Crippen molar-refractivity contribution < 1.29 is 28.6 Å². The molecule has 1 heterocycles. The highest BCUT2D eigenvalue weighted by molar-refractivity contribution is 8.00. The molecular weight excluding hydrogens is 454 g/mol. The third-order valence-electron chi connectivity index (χ3n) is 4.05. The fourth-order valence-corrected chi connectivity index (χ4v) is 4.36. The number of nitrogen functional groups attached to an aromatic ring is 1. The molecule has 170 valence electrons. The van der Waals surface area contributed by atoms with Crippen molar-refractivity contribution in [3.63, 3.8) is 0 Å². The number of thiophene rings is 1. The number of hydrogen-bond donors (Lipinski definition) is 2. The zero-order chi connectivity index (χ0) is 23.5. The third-order valence-corrected chi connectivity index (χ3v) is 6.16. The van der Waals surface area contributed by atoms with Crippen molar-refractivity contribution in [3.8, 4) is 6.07 Å². The molecule has 0 saturated carbocycles. The number of ether oxygens (including phenoxy) is 3. The first-order valence-corrected chi connectivity index (χ1v) is 11.4. The highest BCUT2D eigenvalue weighted by atomic mass is 32.2. The van der Waals surface area contributed by atoms with Crippen LogP contribution in [0, 0.1) is 11.3 Å². The molecule has 0 radical (unpaired) electrons. The lowest BCUT2D eigenvalue weighted by Crippen LogP contribution is -2.28. The van der Waals surface area contributed by atoms with Gasteiger partial charge in [0.25, 0.3) is 0 Å². The van der Waals surface area contributed by atoms with Crippen LogP contribution < -0.4 is 11.1 Å². The first-order chi connectivity index (χ1) is 15.4. The zero-order valence-corrected chi connectivity index (χ0v) is 19.3. The molecule has 11 heteroatoms. The Morgan fingerprint density at radius 2 is 1.97 bits per heavy atom. The maximum atomic E-state index is 12.7. The Kier molecular flexibility index (Phi) is 10.0. The zero-order valence-electron chi connectivity index (χ0n) is 17.6. The summed E-state index contributed by atoms with van der Waals surface area (Å²) in [7, 11) is 1.54. The van der Waals surface area contributed by atoms with Gasteiger partial charge in [0.1, 0.15) is 22.6 Å². The van der Waals surface area contributed by atoms with Crippen molar-refractivity contribution in [2.45, 2.75) is 18.4 Å². The van der Waals surface area contributed by atoms with Gasteiger partial charge in [-0.1, -0.05) is 12.1 Å². The van der Waals surface area contributed by atoms with Crippen molar-refractivity contribution >= 4 is 45.9 Å². The normalized spacial score (nSPS) is 10.3. The van der Waals surface area contributed by atoms with Crippen LogP contribution >= 0.6 is 23.1 Å². The van der Waals surface area contributed by atoms with Gasteiger partial charge >= 0.3 is 11.9 Å². The van der Waals surface area contributed by atoms with Gasteiger partial charge in [-0.15, -0.1) is 23.1 Å². The molecule has 1 aromatic carbocycles. The molecule has 0 saturated heterocycles. The van der Waals surface area contributed by atoms with Crippen LogP contribution in [0.5, 0.6) is 0 Å². The van der Waals surface area contributed by atoms with E-state index in [1.54, 1.807) is 38.3 Å². The second-order valence-electron chi connectivity index (χ2n) is 6.18. The third kappa shape index (κ3) is 6.71. The first kappa shape index (κ1) is 25.2. The molecular formula is C21H23N3O6S2. The molecule has 3 N–H and O–H groups in total. The van der Waals surface area contributed by atoms with Crippen LogP contribution in [-0.2, 0) is 25.6 Å². The van der Waals surface area contributed by atoms with Gasteiger partial charge in [0.05, 0.1) is 30.1 Å². The highest BCUT2D eigenvalue weighted by Crippen LogP contribution is 2.32. The minimum atomic E-state index is -0.656. The number of anilines is 1. The second kappa shape index (κ2) is 12.7. The topological polar surface area (TPSA) is 141 Å². The van der Waals surface area contributed by atoms with Crippen LogP contribution in [0.15, 0.2) is 29.2 Å². The first-order valence-electron chi connectivity index (χ1n) is 9.55. The van der Waals surface area contributed by atoms with Crippen LogP contribution in [0.3, 0.4) is 0 Å². The Morgan fingerprint density at radius 1 is 1.22 bits per heavy atom. The number of methoxy groups -OCH3 is 1. The van der Waals surface area contributed by atoms with Gasteiger partial charge in [0.15, 0.2) is 0 Å². The maximum Gasteiger partial charge on any atom is 0.348 e. The van der Waals surface area contributed by atoms with Crippen LogP contribution in [-0.4, -0.2) is 50.5 Å². The fraction of sp³-hybridized carbons (Fsp3) is 0.333. The average molecular weight is 478 g/mol. The molecule has 2 aromatic rings. The lowest BCUT2D eigenvalue weighted by atomic mass is 10.1. The van der Waals surface area contributed by atoms with Gasteiger partial charge in [0, 0.05) is 24.1 Å². The Morgan fingerprint density at radius 3 is 2.66 bits per heavy atom. The Bertz CT molecular complexity index is 1020. The summed E-state index contributed by atoms with van der Waals surface area (Å²) in [5.74, 6) is -1.37. The van der Waals surface area contributed by atoms with Crippen molar-refractivity contribution in [3.05, 3.63) is 45.8 Å². The van der Waals surface area contributed by atoms with Crippen LogP contribution in [0.2, 0.25) is 0 Å². The van der Waals surface area contributed by atoms with Crippen molar-refractivity contribution in [1.29, 1.82) is 5.26 Å². The van der Waals surface area contributed by atoms with Crippen LogP contribution in [0.1, 0.15) is 38.1 Å². The van der Waals surface area contributed by atoms with E-state index in [0.29, 0.717) is 18.0 Å². The van der Waals surface area contributed by atoms with E-state index in [0.717, 1.165) is 11.3 Å². The summed E-state index contributed by atoms with van der Waals surface area (Å²) in [5.41, 5.74) is 6.40. The number of hydrogen-bond acceptors (Lipinski definition) is 10. The molecule has 0 atom stereocenters. The predicted molar refractivity (Wildman–Crippen MR) is 121 cm³/mol. The van der Waals surface area contributed by atoms with E-state index in [1.807, 2.05) is 6.07 Å². The summed E-state index contributed by atoms with van der Waals surface area (Å²) in [6.07, 6.45) is 0. The monoisotopic (exact) mass is 477 g/mol. The summed E-state index contributed by atoms with van der Waals surface area (Å²) < 4.78 is 15.3. The molecule has 0 bridgehead atoms. The summed E-state index contributed by atoms with van der Waals surface area (Å²) in [6.45, 7) is 2.30. The highest BCUT2D eigenvalue weighted by Gasteiger charge is 2.24. The molecule has 0 aliphatic rings. The second-order valence-corrected chi connectivity index (χ2v) is 8.25. The van der Waals surface area contributed by atoms with Gasteiger partial charge < -0.3 is 25.3 Å². The molecule has 0 aliphatic carbocycles. The SMILES string of the molecule is CCOC(=O)c1sc(N)c(C#N)c1COC(=O)c1ccccc1SCC(=O)NCCOC. The molecule has 1 aromatic heterocycles. The number of carbonyl (C=O) groups excluding carboxylic acids is 3. The van der Waals surface area contributed by atoms with E-state index in [2.05, 4.69) is 5.32 Å². The number of thioether (sulfide) groups is 1. The lowest BCUT2D eigenvalue weighted by molar-refractivity contribution is -0.118. The summed E-state index contributed by atoms with van der Waals surface area (Å²) in [4.78, 5) is 37.5. The molecule has 9 nitrogen and oxygen atoms in total. The van der Waals surface area contributed by atoms with E-state index in [-0.39, 0.29) is 51.4 Å². The molecule has 32 heavy (non-hydrogen) atoms. The number of nitrogens with zero attached hydrogens (tertiary/aromatic N) is 1. The summed E-state index contributed by atoms with van der Waals surface area (Å²) in [5, 5.41) is 12.2. The number of amides is 1. The largest absolute Gasteiger partial charge is 0.462 e. The number of carbonyl (C=O) groups is 3. The van der Waals surface area contributed by atoms with Gasteiger partial charge in [-0.2, -0.15) is 5.26 Å². The van der Waals surface area contributed by atoms with E-state index >= 15 is 0 Å². The molecule has 2 rings (SSSR count). The Labute approximate surface area is 193 Å².